The second kappa shape index (κ2) is 10.8. The Kier molecular flexibility index (Phi) is 7.42. The number of rotatable bonds is 9. The van der Waals surface area contributed by atoms with Gasteiger partial charge in [-0.25, -0.2) is 9.59 Å². The minimum atomic E-state index is -1.17. The molecule has 35 heavy (non-hydrogen) atoms. The highest BCUT2D eigenvalue weighted by molar-refractivity contribution is 6.02. The minimum absolute atomic E-state index is 0.0486. The number of carboxylic acid groups (broad SMARTS) is 1. The van der Waals surface area contributed by atoms with Gasteiger partial charge in [-0.15, -0.1) is 0 Å². The van der Waals surface area contributed by atoms with Gasteiger partial charge in [0.05, 0.1) is 11.3 Å². The van der Waals surface area contributed by atoms with Gasteiger partial charge in [0.2, 0.25) is 5.91 Å². The Morgan fingerprint density at radius 2 is 1.51 bits per heavy atom. The standard InChI is InChI=1S/C27H26N2O6/c1-34-15-14-24(25(30)28-23-13-7-6-12-21(23)26(31)32)29-27(33)35-16-22-19-10-4-2-8-17(19)18-9-3-5-11-20(18)22/h2-13,22,24H,14-16H2,1H3,(H,28,30)(H,29,33)(H,31,32). The number of carboxylic acids is 1. The number of hydrogen-bond acceptors (Lipinski definition) is 5. The van der Waals surface area contributed by atoms with E-state index in [-0.39, 0.29) is 36.8 Å². The van der Waals surface area contributed by atoms with Crippen LogP contribution >= 0.6 is 0 Å². The summed E-state index contributed by atoms with van der Waals surface area (Å²) >= 11 is 0. The second-order valence-electron chi connectivity index (χ2n) is 8.14. The molecule has 1 aliphatic rings. The summed E-state index contributed by atoms with van der Waals surface area (Å²) in [5.41, 5.74) is 4.49. The summed E-state index contributed by atoms with van der Waals surface area (Å²) in [6, 6.07) is 21.1. The average Bonchev–Trinajstić information content (AvgIpc) is 3.19. The number of carbonyl (C=O) groups excluding carboxylic acids is 2. The lowest BCUT2D eigenvalue weighted by Gasteiger charge is -2.20. The van der Waals surface area contributed by atoms with Crippen LogP contribution in [-0.2, 0) is 14.3 Å². The van der Waals surface area contributed by atoms with Crippen molar-refractivity contribution in [1.29, 1.82) is 0 Å². The predicted octanol–water partition coefficient (Wildman–Crippen LogP) is 4.27. The average molecular weight is 475 g/mol. The molecule has 180 valence electrons. The van der Waals surface area contributed by atoms with E-state index in [1.807, 2.05) is 48.5 Å². The second-order valence-corrected chi connectivity index (χ2v) is 8.14. The number of benzene rings is 3. The van der Waals surface area contributed by atoms with Crippen LogP contribution in [0.1, 0.15) is 33.8 Å². The summed E-state index contributed by atoms with van der Waals surface area (Å²) in [6.45, 7) is 0.322. The van der Waals surface area contributed by atoms with E-state index in [1.165, 1.54) is 19.2 Å². The van der Waals surface area contributed by atoms with E-state index < -0.39 is 24.0 Å². The molecule has 3 aromatic carbocycles. The Bertz CT molecular complexity index is 1200. The Hall–Kier alpha value is -4.17. The number of anilines is 1. The zero-order valence-corrected chi connectivity index (χ0v) is 19.2. The van der Waals surface area contributed by atoms with Crippen LogP contribution < -0.4 is 10.6 Å². The largest absolute Gasteiger partial charge is 0.478 e. The zero-order valence-electron chi connectivity index (χ0n) is 19.2. The van der Waals surface area contributed by atoms with Crippen molar-refractivity contribution in [2.45, 2.75) is 18.4 Å². The summed E-state index contributed by atoms with van der Waals surface area (Å²) in [6.07, 6.45) is -0.559. The van der Waals surface area contributed by atoms with Gasteiger partial charge in [-0.05, 0) is 34.4 Å². The molecule has 0 bridgehead atoms. The van der Waals surface area contributed by atoms with Crippen molar-refractivity contribution in [3.8, 4) is 11.1 Å². The number of fused-ring (bicyclic) bond motifs is 3. The number of aromatic carboxylic acids is 1. The third-order valence-corrected chi connectivity index (χ3v) is 5.98. The molecule has 4 rings (SSSR count). The maximum Gasteiger partial charge on any atom is 0.407 e. The molecule has 2 amide bonds. The summed E-state index contributed by atoms with van der Waals surface area (Å²) in [7, 11) is 1.49. The fourth-order valence-electron chi connectivity index (χ4n) is 4.29. The first-order chi connectivity index (χ1) is 17.0. The first-order valence-corrected chi connectivity index (χ1v) is 11.2. The van der Waals surface area contributed by atoms with E-state index in [0.29, 0.717) is 0 Å². The molecule has 0 saturated carbocycles. The Morgan fingerprint density at radius 3 is 2.14 bits per heavy atom. The van der Waals surface area contributed by atoms with Gasteiger partial charge in [-0.1, -0.05) is 60.7 Å². The van der Waals surface area contributed by atoms with Gasteiger partial charge < -0.3 is 25.2 Å². The molecule has 1 unspecified atom stereocenters. The molecule has 3 aromatic rings. The highest BCUT2D eigenvalue weighted by atomic mass is 16.5. The quantitative estimate of drug-likeness (QED) is 0.427. The fourth-order valence-corrected chi connectivity index (χ4v) is 4.29. The van der Waals surface area contributed by atoms with Crippen molar-refractivity contribution in [2.75, 3.05) is 25.6 Å². The Morgan fingerprint density at radius 1 is 0.914 bits per heavy atom. The molecule has 1 aliphatic carbocycles. The van der Waals surface area contributed by atoms with Gasteiger partial charge in [0.15, 0.2) is 0 Å². The van der Waals surface area contributed by atoms with Crippen molar-refractivity contribution in [1.82, 2.24) is 5.32 Å². The van der Waals surface area contributed by atoms with Gasteiger partial charge in [-0.2, -0.15) is 0 Å². The highest BCUT2D eigenvalue weighted by Gasteiger charge is 2.30. The molecule has 0 heterocycles. The summed E-state index contributed by atoms with van der Waals surface area (Å²) in [5.74, 6) is -1.84. The smallest absolute Gasteiger partial charge is 0.407 e. The lowest BCUT2D eigenvalue weighted by molar-refractivity contribution is -0.118. The SMILES string of the molecule is COCCC(NC(=O)OCC1c2ccccc2-c2ccccc21)C(=O)Nc1ccccc1C(=O)O. The summed E-state index contributed by atoms with van der Waals surface area (Å²) < 4.78 is 10.6. The van der Waals surface area contributed by atoms with Crippen LogP contribution in [0.15, 0.2) is 72.8 Å². The molecule has 8 nitrogen and oxygen atoms in total. The van der Waals surface area contributed by atoms with Crippen LogP contribution in [-0.4, -0.2) is 49.4 Å². The maximum atomic E-state index is 12.9. The number of amides is 2. The zero-order chi connectivity index (χ0) is 24.8. The van der Waals surface area contributed by atoms with Crippen LogP contribution in [0, 0.1) is 0 Å². The van der Waals surface area contributed by atoms with E-state index in [2.05, 4.69) is 10.6 Å². The van der Waals surface area contributed by atoms with Crippen molar-refractivity contribution in [2.24, 2.45) is 0 Å². The minimum Gasteiger partial charge on any atom is -0.478 e. The van der Waals surface area contributed by atoms with Crippen molar-refractivity contribution >= 4 is 23.7 Å². The molecule has 0 aliphatic heterocycles. The Labute approximate surface area is 202 Å². The number of nitrogens with one attached hydrogen (secondary N) is 2. The highest BCUT2D eigenvalue weighted by Crippen LogP contribution is 2.44. The number of methoxy groups -OCH3 is 1. The summed E-state index contributed by atoms with van der Waals surface area (Å²) in [4.78, 5) is 37.0. The molecule has 0 aromatic heterocycles. The molecule has 8 heteroatoms. The lowest BCUT2D eigenvalue weighted by Crippen LogP contribution is -2.45. The monoisotopic (exact) mass is 474 g/mol. The van der Waals surface area contributed by atoms with Crippen LogP contribution in [0.5, 0.6) is 0 Å². The molecule has 0 saturated heterocycles. The number of para-hydroxylation sites is 1. The number of ether oxygens (including phenoxy) is 2. The van der Waals surface area contributed by atoms with Crippen molar-refractivity contribution in [3.63, 3.8) is 0 Å². The van der Waals surface area contributed by atoms with Crippen LogP contribution in [0.4, 0.5) is 10.5 Å². The van der Waals surface area contributed by atoms with Crippen molar-refractivity contribution in [3.05, 3.63) is 89.5 Å². The number of alkyl carbamates (subject to hydrolysis) is 1. The van der Waals surface area contributed by atoms with E-state index in [0.717, 1.165) is 22.3 Å². The van der Waals surface area contributed by atoms with Gasteiger partial charge in [0.1, 0.15) is 12.6 Å². The Balaban J connectivity index is 1.43. The van der Waals surface area contributed by atoms with Gasteiger partial charge >= 0.3 is 12.1 Å². The third kappa shape index (κ3) is 5.33. The normalized spacial score (nSPS) is 12.8. The molecular weight excluding hydrogens is 448 g/mol. The summed E-state index contributed by atoms with van der Waals surface area (Å²) in [5, 5.41) is 14.5. The van der Waals surface area contributed by atoms with E-state index in [9.17, 15) is 19.5 Å². The third-order valence-electron chi connectivity index (χ3n) is 5.98. The van der Waals surface area contributed by atoms with Crippen LogP contribution in [0.2, 0.25) is 0 Å². The van der Waals surface area contributed by atoms with Gasteiger partial charge in [-0.3, -0.25) is 4.79 Å². The van der Waals surface area contributed by atoms with Gasteiger partial charge in [0.25, 0.3) is 0 Å². The molecular formula is C27H26N2O6. The van der Waals surface area contributed by atoms with E-state index in [1.54, 1.807) is 12.1 Å². The topological polar surface area (TPSA) is 114 Å². The first kappa shape index (κ1) is 24.0. The molecule has 3 N–H and O–H groups in total. The molecule has 1 atom stereocenters. The van der Waals surface area contributed by atoms with E-state index >= 15 is 0 Å². The molecule has 0 spiro atoms. The molecule has 0 fully saturated rings. The van der Waals surface area contributed by atoms with Crippen molar-refractivity contribution < 1.29 is 29.0 Å². The lowest BCUT2D eigenvalue weighted by atomic mass is 9.98. The first-order valence-electron chi connectivity index (χ1n) is 11.2. The predicted molar refractivity (Wildman–Crippen MR) is 131 cm³/mol. The number of carbonyl (C=O) groups is 3. The number of hydrogen-bond donors (Lipinski definition) is 3. The van der Waals surface area contributed by atoms with Crippen LogP contribution in [0.25, 0.3) is 11.1 Å². The van der Waals surface area contributed by atoms with Crippen LogP contribution in [0.3, 0.4) is 0 Å². The fraction of sp³-hybridized carbons (Fsp3) is 0.222. The van der Waals surface area contributed by atoms with E-state index in [4.69, 9.17) is 9.47 Å². The maximum absolute atomic E-state index is 12.9. The van der Waals surface area contributed by atoms with Gasteiger partial charge in [0, 0.05) is 26.1 Å². The molecule has 0 radical (unpaired) electrons.